The number of piperazine rings is 1. The number of hydrogen-bond donors (Lipinski definition) is 3. The number of epoxide rings is 1. The Hall–Kier alpha value is -1.67. The molecule has 8 heteroatoms. The predicted octanol–water partition coefficient (Wildman–Crippen LogP) is -0.951. The van der Waals surface area contributed by atoms with Gasteiger partial charge in [0.25, 0.3) is 0 Å². The van der Waals surface area contributed by atoms with Crippen molar-refractivity contribution in [1.29, 1.82) is 0 Å². The van der Waals surface area contributed by atoms with Crippen LogP contribution in [0, 0.1) is 5.92 Å². The first kappa shape index (κ1) is 18.4. The van der Waals surface area contributed by atoms with Crippen molar-refractivity contribution < 1.29 is 24.2 Å². The second-order valence-corrected chi connectivity index (χ2v) is 5.70. The Balaban J connectivity index is 0.000000335. The zero-order chi connectivity index (χ0) is 16.5. The minimum Gasteiger partial charge on any atom is -0.479 e. The first-order valence-corrected chi connectivity index (χ1v) is 7.49. The smallest absolute Gasteiger partial charge is 0.335 e. The van der Waals surface area contributed by atoms with Gasteiger partial charge >= 0.3 is 5.97 Å². The summed E-state index contributed by atoms with van der Waals surface area (Å²) in [6.07, 6.45) is 0.833. The highest BCUT2D eigenvalue weighted by atomic mass is 16.6. The summed E-state index contributed by atoms with van der Waals surface area (Å²) in [5.74, 6) is -0.415. The zero-order valence-corrected chi connectivity index (χ0v) is 13.1. The van der Waals surface area contributed by atoms with Crippen molar-refractivity contribution in [1.82, 2.24) is 15.5 Å². The van der Waals surface area contributed by atoms with E-state index in [2.05, 4.69) is 15.4 Å². The monoisotopic (exact) mass is 315 g/mol. The van der Waals surface area contributed by atoms with Crippen LogP contribution in [0.1, 0.15) is 20.3 Å². The van der Waals surface area contributed by atoms with Crippen LogP contribution in [0.2, 0.25) is 0 Å². The van der Waals surface area contributed by atoms with Crippen LogP contribution in [-0.4, -0.2) is 73.2 Å². The molecule has 0 aromatic carbocycles. The van der Waals surface area contributed by atoms with Crippen molar-refractivity contribution in [2.24, 2.45) is 5.92 Å². The Morgan fingerprint density at radius 1 is 1.41 bits per heavy atom. The molecule has 2 amide bonds. The molecule has 0 aliphatic carbocycles. The SMILES string of the molecule is CC(C)CC(NC=O)C(=O)N1CCNCC1.O=C(O)C1CO1. The summed E-state index contributed by atoms with van der Waals surface area (Å²) in [6.45, 7) is 7.62. The molecule has 2 atom stereocenters. The molecule has 2 aliphatic heterocycles. The molecule has 0 aromatic rings. The van der Waals surface area contributed by atoms with E-state index in [1.807, 2.05) is 18.7 Å². The van der Waals surface area contributed by atoms with Gasteiger partial charge in [0.1, 0.15) is 6.04 Å². The average Bonchev–Trinajstić information content (AvgIpc) is 3.32. The van der Waals surface area contributed by atoms with E-state index in [0.717, 1.165) is 26.2 Å². The largest absolute Gasteiger partial charge is 0.479 e. The van der Waals surface area contributed by atoms with Gasteiger partial charge in [0.15, 0.2) is 6.10 Å². The van der Waals surface area contributed by atoms with E-state index >= 15 is 0 Å². The molecule has 2 unspecified atom stereocenters. The minimum atomic E-state index is -0.852. The van der Waals surface area contributed by atoms with Gasteiger partial charge in [-0.15, -0.1) is 0 Å². The van der Waals surface area contributed by atoms with E-state index in [0.29, 0.717) is 25.4 Å². The summed E-state index contributed by atoms with van der Waals surface area (Å²) in [7, 11) is 0. The van der Waals surface area contributed by atoms with Gasteiger partial charge in [0.05, 0.1) is 6.61 Å². The number of amides is 2. The van der Waals surface area contributed by atoms with E-state index < -0.39 is 12.1 Å². The van der Waals surface area contributed by atoms with Gasteiger partial charge in [-0.3, -0.25) is 9.59 Å². The van der Waals surface area contributed by atoms with Crippen LogP contribution in [0.4, 0.5) is 0 Å². The maximum Gasteiger partial charge on any atom is 0.335 e. The molecule has 3 N–H and O–H groups in total. The number of ether oxygens (including phenoxy) is 1. The normalized spacial score (nSPS) is 21.4. The molecule has 8 nitrogen and oxygen atoms in total. The van der Waals surface area contributed by atoms with Gasteiger partial charge in [-0.2, -0.15) is 0 Å². The van der Waals surface area contributed by atoms with Crippen molar-refractivity contribution in [2.45, 2.75) is 32.4 Å². The fourth-order valence-electron chi connectivity index (χ4n) is 2.09. The lowest BCUT2D eigenvalue weighted by molar-refractivity contribution is -0.138. The Kier molecular flexibility index (Phi) is 7.83. The third-order valence-corrected chi connectivity index (χ3v) is 3.31. The molecule has 2 rings (SSSR count). The van der Waals surface area contributed by atoms with Gasteiger partial charge in [0.2, 0.25) is 12.3 Å². The Morgan fingerprint density at radius 3 is 2.36 bits per heavy atom. The van der Waals surface area contributed by atoms with Crippen LogP contribution in [0.25, 0.3) is 0 Å². The molecule has 0 aromatic heterocycles. The first-order chi connectivity index (χ1) is 10.5. The number of rotatable bonds is 6. The van der Waals surface area contributed by atoms with Crippen LogP contribution in [-0.2, 0) is 19.1 Å². The van der Waals surface area contributed by atoms with Crippen LogP contribution in [0.15, 0.2) is 0 Å². The number of carbonyl (C=O) groups is 3. The van der Waals surface area contributed by atoms with Crippen LogP contribution in [0.5, 0.6) is 0 Å². The standard InChI is InChI=1S/C11H21N3O2.C3H4O3/c1-9(2)7-10(13-8-15)11(16)14-5-3-12-4-6-14;4-3(5)2-1-6-2/h8-10,12H,3-7H2,1-2H3,(H,13,15);2H,1H2,(H,4,5). The number of nitrogens with zero attached hydrogens (tertiary/aromatic N) is 1. The Morgan fingerprint density at radius 2 is 2.00 bits per heavy atom. The van der Waals surface area contributed by atoms with Gasteiger partial charge in [-0.25, -0.2) is 4.79 Å². The van der Waals surface area contributed by atoms with Gasteiger partial charge in [-0.1, -0.05) is 13.8 Å². The predicted molar refractivity (Wildman–Crippen MR) is 79.3 cm³/mol. The number of hydrogen-bond acceptors (Lipinski definition) is 5. The fourth-order valence-corrected chi connectivity index (χ4v) is 2.09. The molecule has 22 heavy (non-hydrogen) atoms. The number of carboxylic acid groups (broad SMARTS) is 1. The van der Waals surface area contributed by atoms with Gasteiger partial charge in [-0.05, 0) is 12.3 Å². The van der Waals surface area contributed by atoms with E-state index in [4.69, 9.17) is 5.11 Å². The summed E-state index contributed by atoms with van der Waals surface area (Å²) < 4.78 is 4.37. The summed E-state index contributed by atoms with van der Waals surface area (Å²) in [4.78, 5) is 34.0. The summed E-state index contributed by atoms with van der Waals surface area (Å²) in [5, 5.41) is 13.7. The number of carbonyl (C=O) groups excluding carboxylic acids is 2. The molecule has 0 spiro atoms. The molecule has 0 bridgehead atoms. The first-order valence-electron chi connectivity index (χ1n) is 7.49. The molecule has 2 saturated heterocycles. The molecular weight excluding hydrogens is 290 g/mol. The number of aliphatic carboxylic acids is 1. The van der Waals surface area contributed by atoms with E-state index in [9.17, 15) is 14.4 Å². The van der Waals surface area contributed by atoms with Gasteiger partial charge in [0, 0.05) is 26.2 Å². The lowest BCUT2D eigenvalue weighted by Crippen LogP contribution is -2.53. The summed E-state index contributed by atoms with van der Waals surface area (Å²) >= 11 is 0. The quantitative estimate of drug-likeness (QED) is 0.430. The second kappa shape index (κ2) is 9.37. The van der Waals surface area contributed by atoms with Gasteiger partial charge < -0.3 is 25.4 Å². The van der Waals surface area contributed by atoms with Crippen LogP contribution >= 0.6 is 0 Å². The maximum absolute atomic E-state index is 12.1. The van der Waals surface area contributed by atoms with Crippen LogP contribution in [0.3, 0.4) is 0 Å². The maximum atomic E-state index is 12.1. The molecular formula is C14H25N3O5. The van der Waals surface area contributed by atoms with Crippen molar-refractivity contribution in [3.63, 3.8) is 0 Å². The fraction of sp³-hybridized carbons (Fsp3) is 0.786. The van der Waals surface area contributed by atoms with E-state index in [-0.39, 0.29) is 11.9 Å². The lowest BCUT2D eigenvalue weighted by atomic mass is 10.0. The molecule has 2 heterocycles. The highest BCUT2D eigenvalue weighted by Crippen LogP contribution is 2.08. The third-order valence-electron chi connectivity index (χ3n) is 3.31. The average molecular weight is 315 g/mol. The van der Waals surface area contributed by atoms with Crippen LogP contribution < -0.4 is 10.6 Å². The van der Waals surface area contributed by atoms with E-state index in [1.54, 1.807) is 0 Å². The highest BCUT2D eigenvalue weighted by molar-refractivity contribution is 5.83. The topological polar surface area (TPSA) is 111 Å². The highest BCUT2D eigenvalue weighted by Gasteiger charge is 2.30. The second-order valence-electron chi connectivity index (χ2n) is 5.70. The molecule has 0 saturated carbocycles. The Labute approximate surface area is 130 Å². The molecule has 2 fully saturated rings. The Bertz CT molecular complexity index is 379. The zero-order valence-electron chi connectivity index (χ0n) is 13.1. The lowest BCUT2D eigenvalue weighted by Gasteiger charge is -2.31. The van der Waals surface area contributed by atoms with E-state index in [1.165, 1.54) is 0 Å². The molecule has 2 aliphatic rings. The number of nitrogens with one attached hydrogen (secondary N) is 2. The number of carboxylic acids is 1. The third kappa shape index (κ3) is 6.86. The minimum absolute atomic E-state index is 0.0438. The summed E-state index contributed by atoms with van der Waals surface area (Å²) in [6, 6.07) is -0.365. The van der Waals surface area contributed by atoms with Crippen molar-refractivity contribution in [3.05, 3.63) is 0 Å². The summed E-state index contributed by atoms with van der Waals surface area (Å²) in [5.41, 5.74) is 0. The van der Waals surface area contributed by atoms with Crippen molar-refractivity contribution in [3.8, 4) is 0 Å². The molecule has 0 radical (unpaired) electrons. The van der Waals surface area contributed by atoms with Crippen molar-refractivity contribution >= 4 is 18.3 Å². The molecule has 126 valence electrons. The van der Waals surface area contributed by atoms with Crippen molar-refractivity contribution in [2.75, 3.05) is 32.8 Å².